The lowest BCUT2D eigenvalue weighted by Crippen LogP contribution is -1.98. The third-order valence-corrected chi connectivity index (χ3v) is 2.12. The largest absolute Gasteiger partial charge is 0.493 e. The number of rotatable bonds is 3. The minimum atomic E-state index is -2.63. The third kappa shape index (κ3) is 2.12. The van der Waals surface area contributed by atoms with Gasteiger partial charge in [0.1, 0.15) is 0 Å². The van der Waals surface area contributed by atoms with Crippen LogP contribution in [0.3, 0.4) is 0 Å². The SMILES string of the molecule is COc1cc(C(F)F)c(OC)c(Br)n1. The molecule has 0 bridgehead atoms. The summed E-state index contributed by atoms with van der Waals surface area (Å²) < 4.78 is 34.8. The van der Waals surface area contributed by atoms with E-state index in [2.05, 4.69) is 20.9 Å². The lowest BCUT2D eigenvalue weighted by Gasteiger charge is -2.10. The van der Waals surface area contributed by atoms with Gasteiger partial charge in [0.15, 0.2) is 10.4 Å². The summed E-state index contributed by atoms with van der Waals surface area (Å²) in [4.78, 5) is 3.84. The molecule has 1 heterocycles. The van der Waals surface area contributed by atoms with Crippen LogP contribution in [0.4, 0.5) is 8.78 Å². The average Bonchev–Trinajstić information content (AvgIpc) is 2.16. The van der Waals surface area contributed by atoms with E-state index in [-0.39, 0.29) is 21.8 Å². The van der Waals surface area contributed by atoms with Crippen molar-refractivity contribution >= 4 is 15.9 Å². The Kier molecular flexibility index (Phi) is 3.62. The molecule has 0 atom stereocenters. The Labute approximate surface area is 88.2 Å². The average molecular weight is 268 g/mol. The van der Waals surface area contributed by atoms with Crippen molar-refractivity contribution in [3.8, 4) is 11.6 Å². The zero-order valence-corrected chi connectivity index (χ0v) is 9.14. The van der Waals surface area contributed by atoms with Crippen molar-refractivity contribution < 1.29 is 18.3 Å². The molecule has 0 amide bonds. The molecule has 1 aromatic heterocycles. The van der Waals surface area contributed by atoms with Crippen LogP contribution in [0.2, 0.25) is 0 Å². The first-order valence-corrected chi connectivity index (χ1v) is 4.46. The molecule has 0 N–H and O–H groups in total. The highest BCUT2D eigenvalue weighted by atomic mass is 79.9. The first kappa shape index (κ1) is 11.2. The smallest absolute Gasteiger partial charge is 0.267 e. The Morgan fingerprint density at radius 3 is 2.43 bits per heavy atom. The second-order valence-corrected chi connectivity index (χ2v) is 3.13. The molecule has 0 unspecified atom stereocenters. The molecule has 0 aromatic carbocycles. The fourth-order valence-corrected chi connectivity index (χ4v) is 1.53. The maximum atomic E-state index is 12.5. The van der Waals surface area contributed by atoms with E-state index in [1.807, 2.05) is 0 Å². The summed E-state index contributed by atoms with van der Waals surface area (Å²) in [7, 11) is 2.66. The second kappa shape index (κ2) is 4.54. The summed E-state index contributed by atoms with van der Waals surface area (Å²) in [5.41, 5.74) is -0.244. The number of aromatic nitrogens is 1. The van der Waals surface area contributed by atoms with Gasteiger partial charge in [0.2, 0.25) is 5.88 Å². The van der Waals surface area contributed by atoms with Gasteiger partial charge in [-0.2, -0.15) is 0 Å². The zero-order valence-electron chi connectivity index (χ0n) is 7.55. The standard InChI is InChI=1S/C8H8BrF2NO2/c1-13-5-3-4(8(10)11)6(14-2)7(9)12-5/h3,8H,1-2H3. The van der Waals surface area contributed by atoms with E-state index < -0.39 is 6.43 Å². The maximum absolute atomic E-state index is 12.5. The van der Waals surface area contributed by atoms with Crippen molar-refractivity contribution in [3.63, 3.8) is 0 Å². The van der Waals surface area contributed by atoms with Crippen LogP contribution in [0.5, 0.6) is 11.6 Å². The summed E-state index contributed by atoms with van der Waals surface area (Å²) in [5, 5.41) is 0. The van der Waals surface area contributed by atoms with E-state index in [0.717, 1.165) is 6.07 Å². The normalized spacial score (nSPS) is 10.4. The molecule has 1 rings (SSSR count). The fourth-order valence-electron chi connectivity index (χ4n) is 0.966. The van der Waals surface area contributed by atoms with E-state index in [9.17, 15) is 8.78 Å². The summed E-state index contributed by atoms with van der Waals surface area (Å²) in [6.07, 6.45) is -2.63. The quantitative estimate of drug-likeness (QED) is 0.790. The summed E-state index contributed by atoms with van der Waals surface area (Å²) in [6.45, 7) is 0. The monoisotopic (exact) mass is 267 g/mol. The molecule has 0 spiro atoms. The number of methoxy groups -OCH3 is 2. The van der Waals surface area contributed by atoms with Gasteiger partial charge in [-0.3, -0.25) is 0 Å². The summed E-state index contributed by atoms with van der Waals surface area (Å²) in [5.74, 6) is 0.147. The number of halogens is 3. The van der Waals surface area contributed by atoms with Crippen LogP contribution in [0.15, 0.2) is 10.7 Å². The van der Waals surface area contributed by atoms with Crippen molar-refractivity contribution in [2.24, 2.45) is 0 Å². The van der Waals surface area contributed by atoms with E-state index in [4.69, 9.17) is 9.47 Å². The van der Waals surface area contributed by atoms with E-state index >= 15 is 0 Å². The molecule has 0 fully saturated rings. The maximum Gasteiger partial charge on any atom is 0.267 e. The van der Waals surface area contributed by atoms with Crippen molar-refractivity contribution in [1.29, 1.82) is 0 Å². The number of hydrogen-bond acceptors (Lipinski definition) is 3. The highest BCUT2D eigenvalue weighted by Gasteiger charge is 2.19. The predicted molar refractivity (Wildman–Crippen MR) is 50.0 cm³/mol. The molecule has 0 saturated heterocycles. The topological polar surface area (TPSA) is 31.4 Å². The third-order valence-electron chi connectivity index (χ3n) is 1.59. The van der Waals surface area contributed by atoms with Gasteiger partial charge in [-0.1, -0.05) is 0 Å². The Morgan fingerprint density at radius 2 is 2.00 bits per heavy atom. The van der Waals surface area contributed by atoms with E-state index in [1.165, 1.54) is 14.2 Å². The number of pyridine rings is 1. The zero-order chi connectivity index (χ0) is 10.7. The number of ether oxygens (including phenoxy) is 2. The molecule has 3 nitrogen and oxygen atoms in total. The van der Waals surface area contributed by atoms with Gasteiger partial charge in [-0.25, -0.2) is 13.8 Å². The van der Waals surface area contributed by atoms with Crippen LogP contribution in [0.1, 0.15) is 12.0 Å². The molecular weight excluding hydrogens is 260 g/mol. The van der Waals surface area contributed by atoms with E-state index in [1.54, 1.807) is 0 Å². The first-order chi connectivity index (χ1) is 6.60. The highest BCUT2D eigenvalue weighted by molar-refractivity contribution is 9.10. The van der Waals surface area contributed by atoms with Crippen LogP contribution in [-0.4, -0.2) is 19.2 Å². The van der Waals surface area contributed by atoms with Gasteiger partial charge in [0, 0.05) is 6.07 Å². The summed E-state index contributed by atoms with van der Waals surface area (Å²) >= 11 is 3.02. The Bertz CT molecular complexity index is 333. The number of hydrogen-bond donors (Lipinski definition) is 0. The minimum absolute atomic E-state index is 0.0285. The molecule has 0 aliphatic carbocycles. The molecule has 0 radical (unpaired) electrons. The predicted octanol–water partition coefficient (Wildman–Crippen LogP) is 2.80. The lowest BCUT2D eigenvalue weighted by atomic mass is 10.2. The molecule has 0 aliphatic heterocycles. The molecule has 0 aliphatic rings. The van der Waals surface area contributed by atoms with Crippen molar-refractivity contribution in [1.82, 2.24) is 4.98 Å². The van der Waals surface area contributed by atoms with Gasteiger partial charge in [-0.15, -0.1) is 0 Å². The molecule has 1 aromatic rings. The molecule has 14 heavy (non-hydrogen) atoms. The minimum Gasteiger partial charge on any atom is -0.493 e. The van der Waals surface area contributed by atoms with Gasteiger partial charge in [0.25, 0.3) is 6.43 Å². The van der Waals surface area contributed by atoms with Gasteiger partial charge < -0.3 is 9.47 Å². The molecule has 0 saturated carbocycles. The lowest BCUT2D eigenvalue weighted by molar-refractivity contribution is 0.146. The number of nitrogens with zero attached hydrogens (tertiary/aromatic N) is 1. The Balaban J connectivity index is 3.28. The van der Waals surface area contributed by atoms with Crippen molar-refractivity contribution in [2.75, 3.05) is 14.2 Å². The van der Waals surface area contributed by atoms with E-state index in [0.29, 0.717) is 0 Å². The Hall–Kier alpha value is -0.910. The van der Waals surface area contributed by atoms with Crippen molar-refractivity contribution in [2.45, 2.75) is 6.43 Å². The second-order valence-electron chi connectivity index (χ2n) is 2.38. The van der Waals surface area contributed by atoms with Crippen LogP contribution >= 0.6 is 15.9 Å². The first-order valence-electron chi connectivity index (χ1n) is 3.66. The Morgan fingerprint density at radius 1 is 1.36 bits per heavy atom. The van der Waals surface area contributed by atoms with Gasteiger partial charge in [0.05, 0.1) is 19.8 Å². The van der Waals surface area contributed by atoms with Gasteiger partial charge >= 0.3 is 0 Å². The highest BCUT2D eigenvalue weighted by Crippen LogP contribution is 2.36. The van der Waals surface area contributed by atoms with Gasteiger partial charge in [-0.05, 0) is 15.9 Å². The summed E-state index contributed by atoms with van der Waals surface area (Å²) in [6, 6.07) is 1.15. The molecular formula is C8H8BrF2NO2. The van der Waals surface area contributed by atoms with Crippen LogP contribution in [0.25, 0.3) is 0 Å². The van der Waals surface area contributed by atoms with Crippen LogP contribution in [-0.2, 0) is 0 Å². The van der Waals surface area contributed by atoms with Crippen LogP contribution < -0.4 is 9.47 Å². The number of alkyl halides is 2. The van der Waals surface area contributed by atoms with Crippen LogP contribution in [0, 0.1) is 0 Å². The molecule has 78 valence electrons. The van der Waals surface area contributed by atoms with Crippen molar-refractivity contribution in [3.05, 3.63) is 16.2 Å². The fraction of sp³-hybridized carbons (Fsp3) is 0.375. The molecule has 6 heteroatoms.